The predicted octanol–water partition coefficient (Wildman–Crippen LogP) is 6.69. The van der Waals surface area contributed by atoms with Gasteiger partial charge < -0.3 is 9.47 Å². The maximum absolute atomic E-state index is 7.16. The monoisotopic (exact) mass is 434 g/mol. The third kappa shape index (κ3) is 5.06. The van der Waals surface area contributed by atoms with Crippen LogP contribution in [-0.4, -0.2) is 18.0 Å². The average molecular weight is 435 g/mol. The van der Waals surface area contributed by atoms with Gasteiger partial charge in [0.05, 0.1) is 15.9 Å². The van der Waals surface area contributed by atoms with Crippen molar-refractivity contribution in [3.8, 4) is 5.75 Å². The molecule has 1 N–H and O–H groups in total. The normalized spacial score (nSPS) is 11.4. The number of rotatable bonds is 8. The Morgan fingerprint density at radius 3 is 2.57 bits per heavy atom. The molecule has 0 unspecified atom stereocenters. The molecule has 2 aromatic heterocycles. The Morgan fingerprint density at radius 1 is 1.00 bits per heavy atom. The van der Waals surface area contributed by atoms with E-state index in [2.05, 4.69) is 11.1 Å². The molecule has 2 aromatic carbocycles. The van der Waals surface area contributed by atoms with E-state index in [4.69, 9.17) is 26.5 Å². The number of pyridine rings is 1. The molecule has 0 atom stereocenters. The zero-order chi connectivity index (χ0) is 20.8. The Morgan fingerprint density at radius 2 is 1.80 bits per heavy atom. The fraction of sp³-hybridized carbons (Fsp3) is 0.0833. The van der Waals surface area contributed by atoms with E-state index in [1.54, 1.807) is 11.3 Å². The third-order valence-corrected chi connectivity index (χ3v) is 5.63. The first kappa shape index (κ1) is 20.1. The van der Waals surface area contributed by atoms with Crippen LogP contribution in [0.2, 0.25) is 5.02 Å². The molecular formula is C24H19ClN2O2S. The number of fused-ring (bicyclic) bond motifs is 1. The van der Waals surface area contributed by atoms with Crippen molar-refractivity contribution in [3.63, 3.8) is 0 Å². The first-order valence-electron chi connectivity index (χ1n) is 9.34. The summed E-state index contributed by atoms with van der Waals surface area (Å²) < 4.78 is 12.3. The lowest BCUT2D eigenvalue weighted by atomic mass is 10.0. The van der Waals surface area contributed by atoms with Crippen LogP contribution in [0, 0.1) is 5.41 Å². The van der Waals surface area contributed by atoms with E-state index in [9.17, 15) is 0 Å². The van der Waals surface area contributed by atoms with Crippen LogP contribution in [0.1, 0.15) is 16.8 Å². The standard InChI is InChI=1S/C24H19ClN2O2S/c25-20-5-1-17(2-6-20)13-19(14-28-16-26)18-3-8-22(9-4-18)29-15-21-7-10-24-23(27-21)11-12-30-24/h1-13,16,26H,14-15H2/b19-13-,26-16?. The number of thiophene rings is 1. The van der Waals surface area contributed by atoms with Gasteiger partial charge in [-0.15, -0.1) is 11.3 Å². The number of nitrogens with zero attached hydrogens (tertiary/aromatic N) is 1. The average Bonchev–Trinajstić information content (AvgIpc) is 3.25. The number of hydrogen-bond donors (Lipinski definition) is 1. The number of halogens is 1. The van der Waals surface area contributed by atoms with Crippen molar-refractivity contribution >= 4 is 51.2 Å². The molecule has 0 spiro atoms. The fourth-order valence-electron chi connectivity index (χ4n) is 3.00. The smallest absolute Gasteiger partial charge is 0.167 e. The van der Waals surface area contributed by atoms with Crippen molar-refractivity contribution in [2.45, 2.75) is 6.61 Å². The van der Waals surface area contributed by atoms with Gasteiger partial charge in [0, 0.05) is 5.02 Å². The number of ether oxygens (including phenoxy) is 2. The van der Waals surface area contributed by atoms with Crippen LogP contribution >= 0.6 is 22.9 Å². The first-order chi connectivity index (χ1) is 14.7. The summed E-state index contributed by atoms with van der Waals surface area (Å²) in [6, 6.07) is 21.5. The minimum absolute atomic E-state index is 0.302. The second-order valence-electron chi connectivity index (χ2n) is 6.57. The predicted molar refractivity (Wildman–Crippen MR) is 124 cm³/mol. The lowest BCUT2D eigenvalue weighted by Crippen LogP contribution is -1.99. The molecule has 4 rings (SSSR count). The summed E-state index contributed by atoms with van der Waals surface area (Å²) in [5.74, 6) is 0.768. The van der Waals surface area contributed by atoms with Crippen molar-refractivity contribution in [1.29, 1.82) is 5.41 Å². The summed E-state index contributed by atoms with van der Waals surface area (Å²) in [4.78, 5) is 4.61. The Hall–Kier alpha value is -3.15. The molecule has 0 aliphatic carbocycles. The van der Waals surface area contributed by atoms with Crippen LogP contribution < -0.4 is 4.74 Å². The van der Waals surface area contributed by atoms with Crippen molar-refractivity contribution < 1.29 is 9.47 Å². The molecule has 0 saturated carbocycles. The van der Waals surface area contributed by atoms with E-state index in [1.165, 1.54) is 4.70 Å². The van der Waals surface area contributed by atoms with E-state index in [0.29, 0.717) is 18.2 Å². The quantitative estimate of drug-likeness (QED) is 0.191. The van der Waals surface area contributed by atoms with Crippen LogP contribution in [-0.2, 0) is 11.3 Å². The highest BCUT2D eigenvalue weighted by Gasteiger charge is 2.05. The molecule has 30 heavy (non-hydrogen) atoms. The molecule has 2 heterocycles. The minimum Gasteiger partial charge on any atom is -0.487 e. The number of benzene rings is 2. The topological polar surface area (TPSA) is 55.2 Å². The highest BCUT2D eigenvalue weighted by atomic mass is 35.5. The van der Waals surface area contributed by atoms with Crippen LogP contribution in [0.15, 0.2) is 72.1 Å². The molecule has 0 fully saturated rings. The van der Waals surface area contributed by atoms with Crippen molar-refractivity contribution in [2.75, 3.05) is 6.61 Å². The largest absolute Gasteiger partial charge is 0.487 e. The highest BCUT2D eigenvalue weighted by molar-refractivity contribution is 7.17. The van der Waals surface area contributed by atoms with Crippen molar-refractivity contribution in [3.05, 3.63) is 94.0 Å². The summed E-state index contributed by atoms with van der Waals surface area (Å²) in [7, 11) is 0. The van der Waals surface area contributed by atoms with Crippen molar-refractivity contribution in [1.82, 2.24) is 4.98 Å². The van der Waals surface area contributed by atoms with Gasteiger partial charge >= 0.3 is 0 Å². The molecule has 0 aliphatic heterocycles. The molecule has 0 radical (unpaired) electrons. The van der Waals surface area contributed by atoms with Crippen LogP contribution in [0.3, 0.4) is 0 Å². The van der Waals surface area contributed by atoms with E-state index >= 15 is 0 Å². The van der Waals surface area contributed by atoms with E-state index in [1.807, 2.05) is 72.1 Å². The summed E-state index contributed by atoms with van der Waals surface area (Å²) >= 11 is 7.65. The highest BCUT2D eigenvalue weighted by Crippen LogP contribution is 2.24. The van der Waals surface area contributed by atoms with E-state index < -0.39 is 0 Å². The molecule has 4 aromatic rings. The summed E-state index contributed by atoms with van der Waals surface area (Å²) in [5.41, 5.74) is 4.86. The van der Waals surface area contributed by atoms with E-state index in [0.717, 1.165) is 40.1 Å². The van der Waals surface area contributed by atoms with Crippen molar-refractivity contribution in [2.24, 2.45) is 0 Å². The molecule has 0 aliphatic rings. The van der Waals surface area contributed by atoms with Gasteiger partial charge in [-0.3, -0.25) is 5.41 Å². The third-order valence-electron chi connectivity index (χ3n) is 4.51. The fourth-order valence-corrected chi connectivity index (χ4v) is 3.85. The van der Waals surface area contributed by atoms with Gasteiger partial charge in [-0.1, -0.05) is 35.9 Å². The van der Waals surface area contributed by atoms with Gasteiger partial charge in [0.15, 0.2) is 6.40 Å². The van der Waals surface area contributed by atoms with E-state index in [-0.39, 0.29) is 0 Å². The van der Waals surface area contributed by atoms with Gasteiger partial charge in [0.25, 0.3) is 0 Å². The first-order valence-corrected chi connectivity index (χ1v) is 10.6. The van der Waals surface area contributed by atoms with Crippen LogP contribution in [0.4, 0.5) is 0 Å². The van der Waals surface area contributed by atoms with Gasteiger partial charge in [-0.05, 0) is 70.6 Å². The Kier molecular flexibility index (Phi) is 6.42. The van der Waals surface area contributed by atoms with Crippen LogP contribution in [0.5, 0.6) is 5.75 Å². The molecule has 0 amide bonds. The summed E-state index contributed by atoms with van der Waals surface area (Å²) in [5, 5.41) is 9.89. The van der Waals surface area contributed by atoms with Gasteiger partial charge in [-0.25, -0.2) is 4.98 Å². The summed E-state index contributed by atoms with van der Waals surface area (Å²) in [6.07, 6.45) is 2.97. The maximum Gasteiger partial charge on any atom is 0.167 e. The number of nitrogens with one attached hydrogen (secondary N) is 1. The number of aromatic nitrogens is 1. The Balaban J connectivity index is 1.47. The SMILES string of the molecule is N=COC/C(=C/c1ccc(Cl)cc1)c1ccc(OCc2ccc3sccc3n2)cc1. The number of hydrogen-bond acceptors (Lipinski definition) is 5. The zero-order valence-electron chi connectivity index (χ0n) is 16.0. The van der Waals surface area contributed by atoms with Gasteiger partial charge in [-0.2, -0.15) is 0 Å². The van der Waals surface area contributed by atoms with Gasteiger partial charge in [0.2, 0.25) is 0 Å². The lowest BCUT2D eigenvalue weighted by Gasteiger charge is -2.10. The second-order valence-corrected chi connectivity index (χ2v) is 7.95. The molecule has 4 nitrogen and oxygen atoms in total. The lowest BCUT2D eigenvalue weighted by molar-refractivity contribution is 0.302. The van der Waals surface area contributed by atoms with Crippen LogP contribution in [0.25, 0.3) is 21.9 Å². The molecule has 0 bridgehead atoms. The zero-order valence-corrected chi connectivity index (χ0v) is 17.6. The summed E-state index contributed by atoms with van der Waals surface area (Å²) in [6.45, 7) is 0.715. The Bertz CT molecular complexity index is 1170. The van der Waals surface area contributed by atoms with Gasteiger partial charge in [0.1, 0.15) is 19.0 Å². The maximum atomic E-state index is 7.16. The molecule has 6 heteroatoms. The molecular weight excluding hydrogens is 416 g/mol. The Labute approximate surface area is 183 Å². The molecule has 150 valence electrons. The minimum atomic E-state index is 0.302. The molecule has 0 saturated heterocycles. The second kappa shape index (κ2) is 9.57.